The molecule has 0 spiro atoms. The molecule has 1 aromatic rings. The molecule has 84 valence electrons. The van der Waals surface area contributed by atoms with Crippen LogP contribution in [0.15, 0.2) is 18.2 Å². The zero-order valence-electron chi connectivity index (χ0n) is 7.68. The van der Waals surface area contributed by atoms with E-state index >= 15 is 0 Å². The molecule has 2 nitrogen and oxygen atoms in total. The second-order valence-corrected chi connectivity index (χ2v) is 2.88. The van der Waals surface area contributed by atoms with Crippen molar-refractivity contribution in [2.75, 3.05) is 0 Å². The normalized spacial score (nSPS) is 13.7. The molecule has 1 N–H and O–H groups in total. The number of rotatable bonds is 2. The SMILES string of the molecule is CC(O)c1cccc(OC(F)(F)F)c1F. The summed E-state index contributed by atoms with van der Waals surface area (Å²) in [6.45, 7) is 1.25. The summed E-state index contributed by atoms with van der Waals surface area (Å²) in [4.78, 5) is 0. The van der Waals surface area contributed by atoms with Crippen LogP contribution in [0.3, 0.4) is 0 Å². The van der Waals surface area contributed by atoms with Gasteiger partial charge in [0.25, 0.3) is 0 Å². The summed E-state index contributed by atoms with van der Waals surface area (Å²) in [5.74, 6) is -2.15. The molecular formula is C9H8F4O2. The average Bonchev–Trinajstić information content (AvgIpc) is 2.05. The summed E-state index contributed by atoms with van der Waals surface area (Å²) in [5.41, 5.74) is -0.239. The Morgan fingerprint density at radius 3 is 2.40 bits per heavy atom. The van der Waals surface area contributed by atoms with E-state index in [0.29, 0.717) is 0 Å². The number of hydrogen-bond acceptors (Lipinski definition) is 2. The van der Waals surface area contributed by atoms with E-state index in [-0.39, 0.29) is 5.56 Å². The van der Waals surface area contributed by atoms with E-state index in [1.54, 1.807) is 0 Å². The van der Waals surface area contributed by atoms with Gasteiger partial charge in [-0.3, -0.25) is 0 Å². The molecule has 0 aromatic heterocycles. The molecule has 0 aliphatic rings. The van der Waals surface area contributed by atoms with Crippen molar-refractivity contribution in [3.63, 3.8) is 0 Å². The summed E-state index contributed by atoms with van der Waals surface area (Å²) < 4.78 is 52.1. The first-order chi connectivity index (χ1) is 6.81. The van der Waals surface area contributed by atoms with Crippen molar-refractivity contribution in [2.24, 2.45) is 0 Å². The molecule has 0 fully saturated rings. The topological polar surface area (TPSA) is 29.5 Å². The van der Waals surface area contributed by atoms with Gasteiger partial charge >= 0.3 is 6.36 Å². The third-order valence-electron chi connectivity index (χ3n) is 1.67. The minimum Gasteiger partial charge on any atom is -0.403 e. The third kappa shape index (κ3) is 3.09. The Balaban J connectivity index is 3.05. The Morgan fingerprint density at radius 1 is 1.33 bits per heavy atom. The summed E-state index contributed by atoms with van der Waals surface area (Å²) in [6.07, 6.45) is -6.14. The van der Waals surface area contributed by atoms with Gasteiger partial charge in [0.1, 0.15) is 0 Å². The van der Waals surface area contributed by atoms with Crippen molar-refractivity contribution in [2.45, 2.75) is 19.4 Å². The van der Waals surface area contributed by atoms with Crippen LogP contribution < -0.4 is 4.74 Å². The van der Waals surface area contributed by atoms with Crippen LogP contribution in [-0.4, -0.2) is 11.5 Å². The highest BCUT2D eigenvalue weighted by atomic mass is 19.4. The molecular weight excluding hydrogens is 216 g/mol. The maximum atomic E-state index is 13.3. The molecule has 0 heterocycles. The van der Waals surface area contributed by atoms with Crippen molar-refractivity contribution in [1.82, 2.24) is 0 Å². The molecule has 0 radical (unpaired) electrons. The molecule has 15 heavy (non-hydrogen) atoms. The van der Waals surface area contributed by atoms with Crippen LogP contribution >= 0.6 is 0 Å². The second-order valence-electron chi connectivity index (χ2n) is 2.88. The fraction of sp³-hybridized carbons (Fsp3) is 0.333. The molecule has 1 rings (SSSR count). The van der Waals surface area contributed by atoms with Gasteiger partial charge in [-0.2, -0.15) is 0 Å². The first kappa shape index (κ1) is 11.8. The minimum atomic E-state index is -4.95. The van der Waals surface area contributed by atoms with Crippen molar-refractivity contribution < 1.29 is 27.4 Å². The zero-order chi connectivity index (χ0) is 11.6. The lowest BCUT2D eigenvalue weighted by atomic mass is 10.1. The highest BCUT2D eigenvalue weighted by molar-refractivity contribution is 5.32. The van der Waals surface area contributed by atoms with Crippen LogP contribution in [0.5, 0.6) is 5.75 Å². The van der Waals surface area contributed by atoms with Crippen molar-refractivity contribution in [3.05, 3.63) is 29.6 Å². The predicted molar refractivity (Wildman–Crippen MR) is 43.7 cm³/mol. The Labute approximate surface area is 83.1 Å². The van der Waals surface area contributed by atoms with Crippen LogP contribution in [0.2, 0.25) is 0 Å². The fourth-order valence-electron chi connectivity index (χ4n) is 1.05. The highest BCUT2D eigenvalue weighted by Gasteiger charge is 2.32. The molecule has 0 amide bonds. The summed E-state index contributed by atoms with van der Waals surface area (Å²) in [5, 5.41) is 9.05. The molecule has 0 bridgehead atoms. The van der Waals surface area contributed by atoms with Gasteiger partial charge in [-0.1, -0.05) is 12.1 Å². The van der Waals surface area contributed by atoms with Gasteiger partial charge in [0.2, 0.25) is 0 Å². The molecule has 1 unspecified atom stereocenters. The number of ether oxygens (including phenoxy) is 1. The van der Waals surface area contributed by atoms with Gasteiger partial charge in [-0.15, -0.1) is 13.2 Å². The van der Waals surface area contributed by atoms with Crippen LogP contribution in [0, 0.1) is 5.82 Å². The highest BCUT2D eigenvalue weighted by Crippen LogP contribution is 2.29. The van der Waals surface area contributed by atoms with Crippen molar-refractivity contribution >= 4 is 0 Å². The monoisotopic (exact) mass is 224 g/mol. The van der Waals surface area contributed by atoms with Crippen molar-refractivity contribution in [3.8, 4) is 5.75 Å². The lowest BCUT2D eigenvalue weighted by Gasteiger charge is -2.12. The number of alkyl halides is 3. The smallest absolute Gasteiger partial charge is 0.403 e. The summed E-state index contributed by atoms with van der Waals surface area (Å²) >= 11 is 0. The summed E-state index contributed by atoms with van der Waals surface area (Å²) in [6, 6.07) is 3.20. The lowest BCUT2D eigenvalue weighted by Crippen LogP contribution is -2.18. The van der Waals surface area contributed by atoms with Gasteiger partial charge in [0.05, 0.1) is 6.10 Å². The molecule has 0 saturated carbocycles. The quantitative estimate of drug-likeness (QED) is 0.782. The van der Waals surface area contributed by atoms with E-state index in [0.717, 1.165) is 6.07 Å². The molecule has 6 heteroatoms. The van der Waals surface area contributed by atoms with Crippen molar-refractivity contribution in [1.29, 1.82) is 0 Å². The van der Waals surface area contributed by atoms with E-state index in [1.165, 1.54) is 19.1 Å². The van der Waals surface area contributed by atoms with Gasteiger partial charge in [-0.05, 0) is 13.0 Å². The van der Waals surface area contributed by atoms with E-state index in [1.807, 2.05) is 0 Å². The first-order valence-corrected chi connectivity index (χ1v) is 4.03. The van der Waals surface area contributed by atoms with Gasteiger partial charge < -0.3 is 9.84 Å². The van der Waals surface area contributed by atoms with Crippen LogP contribution in [-0.2, 0) is 0 Å². The average molecular weight is 224 g/mol. The lowest BCUT2D eigenvalue weighted by molar-refractivity contribution is -0.275. The Kier molecular flexibility index (Phi) is 3.18. The minimum absolute atomic E-state index is 0.239. The number of halogens is 4. The maximum Gasteiger partial charge on any atom is 0.573 e. The maximum absolute atomic E-state index is 13.3. The van der Waals surface area contributed by atoms with Crippen LogP contribution in [0.4, 0.5) is 17.6 Å². The zero-order valence-corrected chi connectivity index (χ0v) is 7.68. The molecule has 1 aromatic carbocycles. The van der Waals surface area contributed by atoms with E-state index in [9.17, 15) is 17.6 Å². The van der Waals surface area contributed by atoms with Crippen LogP contribution in [0.25, 0.3) is 0 Å². The van der Waals surface area contributed by atoms with E-state index < -0.39 is 24.0 Å². The van der Waals surface area contributed by atoms with Gasteiger partial charge in [-0.25, -0.2) is 4.39 Å². The largest absolute Gasteiger partial charge is 0.573 e. The first-order valence-electron chi connectivity index (χ1n) is 4.03. The fourth-order valence-corrected chi connectivity index (χ4v) is 1.05. The Hall–Kier alpha value is -1.30. The number of aliphatic hydroxyl groups excluding tert-OH is 1. The summed E-state index contributed by atoms with van der Waals surface area (Å²) in [7, 11) is 0. The van der Waals surface area contributed by atoms with Crippen LogP contribution in [0.1, 0.15) is 18.6 Å². The van der Waals surface area contributed by atoms with E-state index in [2.05, 4.69) is 4.74 Å². The number of hydrogen-bond donors (Lipinski definition) is 1. The molecule has 1 atom stereocenters. The number of benzene rings is 1. The third-order valence-corrected chi connectivity index (χ3v) is 1.67. The molecule has 0 aliphatic heterocycles. The Morgan fingerprint density at radius 2 is 1.93 bits per heavy atom. The second kappa shape index (κ2) is 4.06. The number of aliphatic hydroxyl groups is 1. The molecule has 0 saturated heterocycles. The van der Waals surface area contributed by atoms with Gasteiger partial charge in [0, 0.05) is 5.56 Å². The Bertz CT molecular complexity index is 346. The molecule has 0 aliphatic carbocycles. The van der Waals surface area contributed by atoms with E-state index in [4.69, 9.17) is 5.11 Å². The standard InChI is InChI=1S/C9H8F4O2/c1-5(14)6-3-2-4-7(8(6)10)15-9(11,12)13/h2-5,14H,1H3. The predicted octanol–water partition coefficient (Wildman–Crippen LogP) is 2.78. The van der Waals surface area contributed by atoms with Gasteiger partial charge in [0.15, 0.2) is 11.6 Å².